The Hall–Kier alpha value is -3.43. The molecule has 0 radical (unpaired) electrons. The van der Waals surface area contributed by atoms with Crippen LogP contribution in [0.5, 0.6) is 0 Å². The summed E-state index contributed by atoms with van der Waals surface area (Å²) in [6.45, 7) is 4.62. The molecule has 1 aliphatic rings. The maximum absolute atomic E-state index is 12.8. The number of pyridine rings is 1. The lowest BCUT2D eigenvalue weighted by Crippen LogP contribution is -2.44. The van der Waals surface area contributed by atoms with Gasteiger partial charge < -0.3 is 24.8 Å². The van der Waals surface area contributed by atoms with Crippen molar-refractivity contribution in [1.82, 2.24) is 14.8 Å². The molecule has 2 N–H and O–H groups in total. The van der Waals surface area contributed by atoms with E-state index >= 15 is 0 Å². The number of aromatic nitrogens is 1. The number of anilines is 1. The van der Waals surface area contributed by atoms with Gasteiger partial charge in [-0.1, -0.05) is 13.0 Å². The topological polar surface area (TPSA) is 127 Å². The lowest BCUT2D eigenvalue weighted by Gasteiger charge is -2.31. The molecule has 1 unspecified atom stereocenters. The van der Waals surface area contributed by atoms with Crippen molar-refractivity contribution in [1.29, 1.82) is 0 Å². The standard InChI is InChI=1S/C23H32N4O6/c1-16-8-6-12-26(14-16)20(29)15-27-13-7-10-19(23(27)32)25-22(31)18(24-17(2)28)9-4-5-11-21(30)33-3/h5,7,10-11,13,16,18H,4,6,8-9,12,14-15H2,1-3H3,(H,24,28)(H,25,31)/b11-5+/t16?,18-/m0/s1. The molecule has 3 amide bonds. The van der Waals surface area contributed by atoms with Crippen LogP contribution >= 0.6 is 0 Å². The lowest BCUT2D eigenvalue weighted by molar-refractivity contribution is -0.135. The third-order valence-electron chi connectivity index (χ3n) is 5.36. The number of nitrogens with zero attached hydrogens (tertiary/aromatic N) is 2. The van der Waals surface area contributed by atoms with Crippen LogP contribution in [0.15, 0.2) is 35.3 Å². The van der Waals surface area contributed by atoms with Crippen molar-refractivity contribution in [2.45, 2.75) is 52.1 Å². The summed E-state index contributed by atoms with van der Waals surface area (Å²) in [6, 6.07) is 2.12. The molecule has 180 valence electrons. The summed E-state index contributed by atoms with van der Waals surface area (Å²) >= 11 is 0. The summed E-state index contributed by atoms with van der Waals surface area (Å²) in [5, 5.41) is 5.09. The van der Waals surface area contributed by atoms with Gasteiger partial charge >= 0.3 is 5.97 Å². The van der Waals surface area contributed by atoms with Gasteiger partial charge in [0.2, 0.25) is 17.7 Å². The number of allylic oxidation sites excluding steroid dienone is 1. The molecule has 2 atom stereocenters. The zero-order chi connectivity index (χ0) is 24.4. The number of amides is 3. The molecule has 0 spiro atoms. The second-order valence-corrected chi connectivity index (χ2v) is 8.19. The number of rotatable bonds is 9. The lowest BCUT2D eigenvalue weighted by atomic mass is 10.0. The first kappa shape index (κ1) is 25.8. The summed E-state index contributed by atoms with van der Waals surface area (Å²) < 4.78 is 5.77. The number of carbonyl (C=O) groups is 4. The quantitative estimate of drug-likeness (QED) is 0.419. The summed E-state index contributed by atoms with van der Waals surface area (Å²) in [7, 11) is 1.26. The maximum Gasteiger partial charge on any atom is 0.330 e. The summed E-state index contributed by atoms with van der Waals surface area (Å²) in [4.78, 5) is 62.6. The Bertz CT molecular complexity index is 955. The van der Waals surface area contributed by atoms with Crippen LogP contribution in [-0.2, 0) is 30.5 Å². The highest BCUT2D eigenvalue weighted by Crippen LogP contribution is 2.15. The number of esters is 1. The SMILES string of the molecule is COC(=O)/C=C/CC[C@H](NC(C)=O)C(=O)Nc1cccn(CC(=O)N2CCCC(C)C2)c1=O. The molecule has 0 aliphatic carbocycles. The molecule has 1 saturated heterocycles. The molecule has 2 heterocycles. The Balaban J connectivity index is 2.06. The second-order valence-electron chi connectivity index (χ2n) is 8.19. The summed E-state index contributed by atoms with van der Waals surface area (Å²) in [6.07, 6.45) is 6.85. The Morgan fingerprint density at radius 1 is 1.30 bits per heavy atom. The van der Waals surface area contributed by atoms with Gasteiger partial charge in [-0.05, 0) is 43.7 Å². The first-order chi connectivity index (χ1) is 15.7. The number of methoxy groups -OCH3 is 1. The van der Waals surface area contributed by atoms with Gasteiger partial charge in [-0.15, -0.1) is 0 Å². The zero-order valence-electron chi connectivity index (χ0n) is 19.3. The molecule has 1 aromatic rings. The van der Waals surface area contributed by atoms with Crippen molar-refractivity contribution in [3.63, 3.8) is 0 Å². The Kier molecular flexibility index (Phi) is 9.84. The maximum atomic E-state index is 12.8. The van der Waals surface area contributed by atoms with E-state index in [0.717, 1.165) is 12.8 Å². The second kappa shape index (κ2) is 12.6. The van der Waals surface area contributed by atoms with Gasteiger partial charge in [-0.25, -0.2) is 4.79 Å². The van der Waals surface area contributed by atoms with E-state index in [1.54, 1.807) is 11.0 Å². The van der Waals surface area contributed by atoms with Crippen LogP contribution in [0.25, 0.3) is 0 Å². The number of piperidine rings is 1. The van der Waals surface area contributed by atoms with Gasteiger partial charge in [-0.3, -0.25) is 19.2 Å². The van der Waals surface area contributed by atoms with E-state index in [2.05, 4.69) is 22.3 Å². The first-order valence-corrected chi connectivity index (χ1v) is 11.0. The van der Waals surface area contributed by atoms with Gasteiger partial charge in [0.15, 0.2) is 0 Å². The predicted molar refractivity (Wildman–Crippen MR) is 122 cm³/mol. The first-order valence-electron chi connectivity index (χ1n) is 11.0. The largest absolute Gasteiger partial charge is 0.466 e. The normalized spacial score (nSPS) is 16.8. The van der Waals surface area contributed by atoms with Gasteiger partial charge in [0.25, 0.3) is 5.56 Å². The van der Waals surface area contributed by atoms with Gasteiger partial charge in [0.1, 0.15) is 18.3 Å². The minimum absolute atomic E-state index is 0.0165. The highest BCUT2D eigenvalue weighted by atomic mass is 16.5. The van der Waals surface area contributed by atoms with Gasteiger partial charge in [0.05, 0.1) is 7.11 Å². The molecular weight excluding hydrogens is 428 g/mol. The fourth-order valence-electron chi connectivity index (χ4n) is 3.66. The molecule has 1 fully saturated rings. The van der Waals surface area contributed by atoms with Crippen molar-refractivity contribution in [3.05, 3.63) is 40.8 Å². The van der Waals surface area contributed by atoms with Crippen molar-refractivity contribution >= 4 is 29.4 Å². The van der Waals surface area contributed by atoms with E-state index in [-0.39, 0.29) is 24.6 Å². The highest BCUT2D eigenvalue weighted by molar-refractivity contribution is 5.96. The summed E-state index contributed by atoms with van der Waals surface area (Å²) in [5.41, 5.74) is -0.487. The van der Waals surface area contributed by atoms with Crippen LogP contribution in [0.1, 0.15) is 39.5 Å². The molecule has 2 rings (SSSR count). The molecular formula is C23H32N4O6. The predicted octanol–water partition coefficient (Wildman–Crippen LogP) is 1.06. The third kappa shape index (κ3) is 8.21. The van der Waals surface area contributed by atoms with Crippen LogP contribution in [0.4, 0.5) is 5.69 Å². The van der Waals surface area contributed by atoms with Crippen LogP contribution in [0.2, 0.25) is 0 Å². The summed E-state index contributed by atoms with van der Waals surface area (Å²) in [5.74, 6) is -1.20. The van der Waals surface area contributed by atoms with E-state index in [1.165, 1.54) is 43.0 Å². The fourth-order valence-corrected chi connectivity index (χ4v) is 3.66. The van der Waals surface area contributed by atoms with Gasteiger partial charge in [0, 0.05) is 32.3 Å². The van der Waals surface area contributed by atoms with E-state index < -0.39 is 29.4 Å². The number of likely N-dealkylation sites (tertiary alicyclic amines) is 1. The van der Waals surface area contributed by atoms with E-state index in [0.29, 0.717) is 25.4 Å². The van der Waals surface area contributed by atoms with Crippen LogP contribution < -0.4 is 16.2 Å². The molecule has 0 aromatic carbocycles. The Morgan fingerprint density at radius 2 is 2.06 bits per heavy atom. The minimum Gasteiger partial charge on any atom is -0.466 e. The smallest absolute Gasteiger partial charge is 0.330 e. The number of carbonyl (C=O) groups excluding carboxylic acids is 4. The third-order valence-corrected chi connectivity index (χ3v) is 5.36. The Morgan fingerprint density at radius 3 is 2.73 bits per heavy atom. The zero-order valence-corrected chi connectivity index (χ0v) is 19.3. The molecule has 10 nitrogen and oxygen atoms in total. The molecule has 1 aromatic heterocycles. The molecule has 0 bridgehead atoms. The van der Waals surface area contributed by atoms with Crippen molar-refractivity contribution < 1.29 is 23.9 Å². The fraction of sp³-hybridized carbons (Fsp3) is 0.522. The van der Waals surface area contributed by atoms with Gasteiger partial charge in [-0.2, -0.15) is 0 Å². The monoisotopic (exact) mass is 460 g/mol. The average Bonchev–Trinajstić information content (AvgIpc) is 2.77. The number of ether oxygens (including phenoxy) is 1. The van der Waals surface area contributed by atoms with Crippen molar-refractivity contribution in [3.8, 4) is 0 Å². The van der Waals surface area contributed by atoms with Crippen LogP contribution in [0, 0.1) is 5.92 Å². The molecule has 1 aliphatic heterocycles. The van der Waals surface area contributed by atoms with E-state index in [1.807, 2.05) is 0 Å². The number of hydrogen-bond donors (Lipinski definition) is 2. The number of nitrogens with one attached hydrogen (secondary N) is 2. The minimum atomic E-state index is -0.908. The van der Waals surface area contributed by atoms with Crippen LogP contribution in [-0.4, -0.2) is 59.4 Å². The van der Waals surface area contributed by atoms with Crippen molar-refractivity contribution in [2.24, 2.45) is 5.92 Å². The number of hydrogen-bond acceptors (Lipinski definition) is 6. The van der Waals surface area contributed by atoms with Crippen molar-refractivity contribution in [2.75, 3.05) is 25.5 Å². The highest BCUT2D eigenvalue weighted by Gasteiger charge is 2.23. The Labute approximate surface area is 193 Å². The average molecular weight is 461 g/mol. The van der Waals surface area contributed by atoms with E-state index in [4.69, 9.17) is 0 Å². The molecule has 0 saturated carbocycles. The molecule has 10 heteroatoms. The van der Waals surface area contributed by atoms with Crippen LogP contribution in [0.3, 0.4) is 0 Å². The van der Waals surface area contributed by atoms with E-state index in [9.17, 15) is 24.0 Å². The molecule has 33 heavy (non-hydrogen) atoms.